The number of carbonyl (C=O) groups excluding carboxylic acids is 1. The van der Waals surface area contributed by atoms with Crippen LogP contribution in [-0.4, -0.2) is 44.7 Å². The van der Waals surface area contributed by atoms with Crippen molar-refractivity contribution in [1.29, 1.82) is 0 Å². The Morgan fingerprint density at radius 3 is 3.05 bits per heavy atom. The normalized spacial score (nSPS) is 20.3. The van der Waals surface area contributed by atoms with Gasteiger partial charge in [0.2, 0.25) is 5.91 Å². The van der Waals surface area contributed by atoms with Gasteiger partial charge < -0.3 is 14.6 Å². The highest BCUT2D eigenvalue weighted by Crippen LogP contribution is 2.25. The zero-order valence-corrected chi connectivity index (χ0v) is 13.0. The quantitative estimate of drug-likeness (QED) is 0.943. The number of aliphatic hydroxyl groups is 1. The molecule has 0 radical (unpaired) electrons. The highest BCUT2D eigenvalue weighted by molar-refractivity contribution is 5.84. The van der Waals surface area contributed by atoms with Gasteiger partial charge >= 0.3 is 0 Å². The van der Waals surface area contributed by atoms with Crippen LogP contribution in [0.15, 0.2) is 30.6 Å². The first-order valence-corrected chi connectivity index (χ1v) is 8.05. The van der Waals surface area contributed by atoms with Crippen molar-refractivity contribution in [3.05, 3.63) is 30.6 Å². The SMILES string of the molecule is CC(C(=O)N1CCCCC1CCO)n1cnc2ccccc21. The van der Waals surface area contributed by atoms with Crippen LogP contribution in [-0.2, 0) is 4.79 Å². The highest BCUT2D eigenvalue weighted by Gasteiger charge is 2.30. The van der Waals surface area contributed by atoms with Gasteiger partial charge in [-0.25, -0.2) is 4.98 Å². The predicted molar refractivity (Wildman–Crippen MR) is 85.5 cm³/mol. The molecule has 0 saturated carbocycles. The Bertz CT molecular complexity index is 650. The summed E-state index contributed by atoms with van der Waals surface area (Å²) in [6.45, 7) is 2.86. The molecule has 0 aliphatic carbocycles. The topological polar surface area (TPSA) is 58.4 Å². The Kier molecular flexibility index (Phi) is 4.43. The predicted octanol–water partition coefficient (Wildman–Crippen LogP) is 2.36. The van der Waals surface area contributed by atoms with Gasteiger partial charge in [0.05, 0.1) is 17.4 Å². The van der Waals surface area contributed by atoms with Crippen molar-refractivity contribution < 1.29 is 9.90 Å². The van der Waals surface area contributed by atoms with Crippen LogP contribution in [0.25, 0.3) is 11.0 Å². The first kappa shape index (κ1) is 15.0. The zero-order chi connectivity index (χ0) is 15.5. The smallest absolute Gasteiger partial charge is 0.245 e. The van der Waals surface area contributed by atoms with E-state index in [0.717, 1.165) is 36.8 Å². The van der Waals surface area contributed by atoms with Crippen molar-refractivity contribution in [3.8, 4) is 0 Å². The van der Waals surface area contributed by atoms with E-state index in [1.54, 1.807) is 6.33 Å². The molecule has 22 heavy (non-hydrogen) atoms. The summed E-state index contributed by atoms with van der Waals surface area (Å²) in [6, 6.07) is 7.77. The maximum absolute atomic E-state index is 12.9. The number of benzene rings is 1. The van der Waals surface area contributed by atoms with Gasteiger partial charge in [-0.2, -0.15) is 0 Å². The lowest BCUT2D eigenvalue weighted by Gasteiger charge is -2.37. The lowest BCUT2D eigenvalue weighted by molar-refractivity contribution is -0.138. The number of piperidine rings is 1. The number of amides is 1. The molecule has 2 unspecified atom stereocenters. The van der Waals surface area contributed by atoms with Crippen molar-refractivity contribution in [1.82, 2.24) is 14.5 Å². The second-order valence-electron chi connectivity index (χ2n) is 6.01. The van der Waals surface area contributed by atoms with Crippen molar-refractivity contribution in [2.24, 2.45) is 0 Å². The number of imidazole rings is 1. The average molecular weight is 301 g/mol. The van der Waals surface area contributed by atoms with Crippen LogP contribution >= 0.6 is 0 Å². The molecule has 3 rings (SSSR count). The molecule has 118 valence electrons. The summed E-state index contributed by atoms with van der Waals surface area (Å²) in [6.07, 6.45) is 5.59. The minimum atomic E-state index is -0.272. The van der Waals surface area contributed by atoms with Gasteiger partial charge in [-0.15, -0.1) is 0 Å². The molecular formula is C17H23N3O2. The molecule has 1 saturated heterocycles. The highest BCUT2D eigenvalue weighted by atomic mass is 16.3. The Morgan fingerprint density at radius 1 is 1.41 bits per heavy atom. The van der Waals surface area contributed by atoms with Crippen molar-refractivity contribution in [2.45, 2.75) is 44.7 Å². The van der Waals surface area contributed by atoms with E-state index in [1.807, 2.05) is 40.7 Å². The molecule has 1 aromatic heterocycles. The van der Waals surface area contributed by atoms with Crippen LogP contribution < -0.4 is 0 Å². The minimum absolute atomic E-state index is 0.126. The Labute approximate surface area is 130 Å². The third-order valence-electron chi connectivity index (χ3n) is 4.63. The van der Waals surface area contributed by atoms with Crippen LogP contribution in [0.2, 0.25) is 0 Å². The standard InChI is InChI=1S/C17H23N3O2/c1-13(20-12-18-15-7-2-3-8-16(15)20)17(22)19-10-5-4-6-14(19)9-11-21/h2-3,7-8,12-14,21H,4-6,9-11H2,1H3. The summed E-state index contributed by atoms with van der Waals surface area (Å²) in [5.74, 6) is 0.126. The molecule has 1 aromatic carbocycles. The monoisotopic (exact) mass is 301 g/mol. The van der Waals surface area contributed by atoms with Gasteiger partial charge in [-0.1, -0.05) is 12.1 Å². The third kappa shape index (κ3) is 2.73. The van der Waals surface area contributed by atoms with Gasteiger partial charge in [0, 0.05) is 19.2 Å². The van der Waals surface area contributed by atoms with Crippen molar-refractivity contribution >= 4 is 16.9 Å². The number of aromatic nitrogens is 2. The number of fused-ring (bicyclic) bond motifs is 1. The van der Waals surface area contributed by atoms with Gasteiger partial charge in [-0.3, -0.25) is 4.79 Å². The first-order valence-electron chi connectivity index (χ1n) is 8.05. The van der Waals surface area contributed by atoms with Gasteiger partial charge in [0.1, 0.15) is 6.04 Å². The van der Waals surface area contributed by atoms with Crippen LogP contribution in [0.4, 0.5) is 0 Å². The zero-order valence-electron chi connectivity index (χ0n) is 13.0. The molecule has 1 amide bonds. The van der Waals surface area contributed by atoms with E-state index in [-0.39, 0.29) is 24.6 Å². The third-order valence-corrected chi connectivity index (χ3v) is 4.63. The van der Waals surface area contributed by atoms with E-state index in [2.05, 4.69) is 4.98 Å². The number of hydrogen-bond acceptors (Lipinski definition) is 3. The second-order valence-corrected chi connectivity index (χ2v) is 6.01. The van der Waals surface area contributed by atoms with E-state index in [0.29, 0.717) is 6.42 Å². The molecule has 2 aromatic rings. The Hall–Kier alpha value is -1.88. The van der Waals surface area contributed by atoms with Crippen molar-refractivity contribution in [2.75, 3.05) is 13.2 Å². The number of para-hydroxylation sites is 2. The largest absolute Gasteiger partial charge is 0.396 e. The molecular weight excluding hydrogens is 278 g/mol. The van der Waals surface area contributed by atoms with Crippen LogP contribution in [0.5, 0.6) is 0 Å². The van der Waals surface area contributed by atoms with Crippen LogP contribution in [0.1, 0.15) is 38.6 Å². The maximum Gasteiger partial charge on any atom is 0.245 e. The molecule has 1 aliphatic heterocycles. The molecule has 2 atom stereocenters. The summed E-state index contributed by atoms with van der Waals surface area (Å²) in [5, 5.41) is 9.23. The average Bonchev–Trinajstić information content (AvgIpc) is 2.98. The van der Waals surface area contributed by atoms with Crippen molar-refractivity contribution in [3.63, 3.8) is 0 Å². The molecule has 5 heteroatoms. The number of rotatable bonds is 4. The fourth-order valence-corrected chi connectivity index (χ4v) is 3.39. The molecule has 0 spiro atoms. The molecule has 1 N–H and O–H groups in total. The number of nitrogens with zero attached hydrogens (tertiary/aromatic N) is 3. The van der Waals surface area contributed by atoms with E-state index in [9.17, 15) is 9.90 Å². The van der Waals surface area contributed by atoms with Crippen LogP contribution in [0, 0.1) is 0 Å². The van der Waals surface area contributed by atoms with Gasteiger partial charge in [0.25, 0.3) is 0 Å². The van der Waals surface area contributed by atoms with Crippen LogP contribution in [0.3, 0.4) is 0 Å². The van der Waals surface area contributed by atoms with E-state index >= 15 is 0 Å². The van der Waals surface area contributed by atoms with E-state index in [4.69, 9.17) is 0 Å². The van der Waals surface area contributed by atoms with E-state index < -0.39 is 0 Å². The summed E-state index contributed by atoms with van der Waals surface area (Å²) < 4.78 is 1.95. The lowest BCUT2D eigenvalue weighted by Crippen LogP contribution is -2.46. The Morgan fingerprint density at radius 2 is 2.23 bits per heavy atom. The fourth-order valence-electron chi connectivity index (χ4n) is 3.39. The minimum Gasteiger partial charge on any atom is -0.396 e. The van der Waals surface area contributed by atoms with Gasteiger partial charge in [-0.05, 0) is 44.7 Å². The molecule has 5 nitrogen and oxygen atoms in total. The summed E-state index contributed by atoms with van der Waals surface area (Å²) >= 11 is 0. The number of likely N-dealkylation sites (tertiary alicyclic amines) is 1. The number of aliphatic hydroxyl groups excluding tert-OH is 1. The summed E-state index contributed by atoms with van der Waals surface area (Å²) in [4.78, 5) is 19.3. The second kappa shape index (κ2) is 6.48. The molecule has 1 fully saturated rings. The molecule has 2 heterocycles. The number of hydrogen-bond donors (Lipinski definition) is 1. The Balaban J connectivity index is 1.84. The molecule has 0 bridgehead atoms. The summed E-state index contributed by atoms with van der Waals surface area (Å²) in [5.41, 5.74) is 1.90. The molecule has 1 aliphatic rings. The lowest BCUT2D eigenvalue weighted by atomic mass is 9.98. The van der Waals surface area contributed by atoms with E-state index in [1.165, 1.54) is 0 Å². The van der Waals surface area contributed by atoms with Gasteiger partial charge in [0.15, 0.2) is 0 Å². The maximum atomic E-state index is 12.9. The first-order chi connectivity index (χ1) is 10.7. The summed E-state index contributed by atoms with van der Waals surface area (Å²) in [7, 11) is 0. The fraction of sp³-hybridized carbons (Fsp3) is 0.529. The number of carbonyl (C=O) groups is 1.